The highest BCUT2D eigenvalue weighted by Crippen LogP contribution is 2.30. The Kier molecular flexibility index (Phi) is 35.6. The zero-order valence-electron chi connectivity index (χ0n) is 50.4. The second-order valence-electron chi connectivity index (χ2n) is 24.2. The Morgan fingerprint density at radius 1 is 0.639 bits per heavy atom. The number of carbonyl (C=O) groups excluding carboxylic acids is 1. The molecule has 0 radical (unpaired) electrons. The summed E-state index contributed by atoms with van der Waals surface area (Å²) in [5, 5.41) is 186. The number of aliphatic hydroxyl groups is 17. The van der Waals surface area contributed by atoms with Crippen molar-refractivity contribution < 1.29 is 106 Å². The van der Waals surface area contributed by atoms with Crippen LogP contribution >= 0.6 is 0 Å². The quantitative estimate of drug-likeness (QED) is 0.116. The first-order valence-electron chi connectivity index (χ1n) is 29.9. The first-order chi connectivity index (χ1) is 38.9. The molecule has 19 N–H and O–H groups in total. The van der Waals surface area contributed by atoms with Crippen molar-refractivity contribution in [2.24, 2.45) is 47.2 Å². The summed E-state index contributed by atoms with van der Waals surface area (Å²) in [5.74, 6) is -4.84. The van der Waals surface area contributed by atoms with Gasteiger partial charge in [-0.2, -0.15) is 0 Å². The van der Waals surface area contributed by atoms with Gasteiger partial charge >= 0.3 is 5.97 Å². The fraction of sp³-hybridized carbons (Fsp3) is 0.820. The summed E-state index contributed by atoms with van der Waals surface area (Å²) in [7, 11) is 0. The Morgan fingerprint density at radius 3 is 1.81 bits per heavy atom. The van der Waals surface area contributed by atoms with Crippen LogP contribution in [0.3, 0.4) is 0 Å². The molecule has 0 unspecified atom stereocenters. The normalized spacial score (nSPS) is 44.2. The molecule has 2 rings (SSSR count). The number of cyclic esters (lactones) is 1. The van der Waals surface area contributed by atoms with Crippen molar-refractivity contribution in [2.45, 2.75) is 262 Å². The van der Waals surface area contributed by atoms with Gasteiger partial charge in [-0.25, -0.2) is 4.79 Å². The van der Waals surface area contributed by atoms with Crippen LogP contribution in [0.2, 0.25) is 0 Å². The Bertz CT molecular complexity index is 1960. The Balaban J connectivity index is 2.45. The molecule has 0 amide bonds. The van der Waals surface area contributed by atoms with Crippen molar-refractivity contribution >= 4 is 5.97 Å². The molecule has 0 aliphatic carbocycles. The molecule has 2 aliphatic heterocycles. The maximum absolute atomic E-state index is 13.4. The van der Waals surface area contributed by atoms with Crippen LogP contribution in [0.1, 0.15) is 139 Å². The summed E-state index contributed by atoms with van der Waals surface area (Å²) in [6.07, 6.45) is -13.2. The zero-order chi connectivity index (χ0) is 63.0. The van der Waals surface area contributed by atoms with E-state index in [-0.39, 0.29) is 37.2 Å². The van der Waals surface area contributed by atoms with Gasteiger partial charge in [0, 0.05) is 60.3 Å². The lowest BCUT2D eigenvalue weighted by atomic mass is 9.82. The Hall–Kier alpha value is -2.63. The molecule has 0 aromatic rings. The van der Waals surface area contributed by atoms with Gasteiger partial charge in [0.05, 0.1) is 86.0 Å². The molecule has 2 heterocycles. The van der Waals surface area contributed by atoms with Crippen molar-refractivity contribution in [2.75, 3.05) is 13.2 Å². The van der Waals surface area contributed by atoms with E-state index in [0.717, 1.165) is 0 Å². The number of rotatable bonds is 8. The monoisotopic (exact) mass is 1190 g/mol. The van der Waals surface area contributed by atoms with Gasteiger partial charge in [0.2, 0.25) is 0 Å². The minimum atomic E-state index is -1.88. The third kappa shape index (κ3) is 25.9. The zero-order valence-corrected chi connectivity index (χ0v) is 50.4. The van der Waals surface area contributed by atoms with E-state index in [4.69, 9.17) is 19.9 Å². The van der Waals surface area contributed by atoms with Gasteiger partial charge < -0.3 is 107 Å². The van der Waals surface area contributed by atoms with Crippen LogP contribution in [0.25, 0.3) is 0 Å². The van der Waals surface area contributed by atoms with E-state index in [9.17, 15) is 91.6 Å². The lowest BCUT2D eigenvalue weighted by Crippen LogP contribution is -2.60. The summed E-state index contributed by atoms with van der Waals surface area (Å²) >= 11 is 0. The maximum Gasteiger partial charge on any atom is 0.333 e. The number of allylic oxidation sites excluding steroid dienone is 2. The minimum absolute atomic E-state index is 0.0959. The summed E-state index contributed by atoms with van der Waals surface area (Å²) < 4.78 is 17.4. The average Bonchev–Trinajstić information content (AvgIpc) is 3.63. The van der Waals surface area contributed by atoms with Crippen molar-refractivity contribution in [3.63, 3.8) is 0 Å². The molecule has 0 saturated carbocycles. The summed E-state index contributed by atoms with van der Waals surface area (Å²) in [5.41, 5.74) is 6.22. The van der Waals surface area contributed by atoms with Crippen molar-refractivity contribution in [1.82, 2.24) is 0 Å². The molecular weight excluding hydrogens is 1080 g/mol. The van der Waals surface area contributed by atoms with E-state index in [1.165, 1.54) is 39.0 Å². The van der Waals surface area contributed by atoms with Crippen LogP contribution in [0.4, 0.5) is 0 Å². The molecular formula is C61H109NO21. The van der Waals surface area contributed by atoms with Crippen LogP contribution in [-0.4, -0.2) is 228 Å². The molecule has 27 atom stereocenters. The largest absolute Gasteiger partial charge is 0.458 e. The fourth-order valence-corrected chi connectivity index (χ4v) is 10.5. The van der Waals surface area contributed by atoms with E-state index < -0.39 is 183 Å². The highest BCUT2D eigenvalue weighted by atomic mass is 16.7. The molecule has 22 heteroatoms. The van der Waals surface area contributed by atoms with Crippen LogP contribution in [-0.2, 0) is 19.0 Å². The predicted octanol–water partition coefficient (Wildman–Crippen LogP) is 0.442. The first kappa shape index (κ1) is 76.5. The molecule has 22 nitrogen and oxygen atoms in total. The van der Waals surface area contributed by atoms with Crippen molar-refractivity contribution in [3.8, 4) is 0 Å². The van der Waals surface area contributed by atoms with Crippen molar-refractivity contribution in [3.05, 3.63) is 59.8 Å². The number of ether oxygens (including phenoxy) is 3. The topological polar surface area (TPSA) is 415 Å². The first-order valence-corrected chi connectivity index (χ1v) is 29.9. The highest BCUT2D eigenvalue weighted by molar-refractivity contribution is 5.87. The smallest absolute Gasteiger partial charge is 0.333 e. The van der Waals surface area contributed by atoms with Crippen LogP contribution in [0.15, 0.2) is 59.8 Å². The fourth-order valence-electron chi connectivity index (χ4n) is 10.5. The third-order valence-corrected chi connectivity index (χ3v) is 17.0. The SMILES string of the molecule is C/C1=C\CC[C@H](C)[C@@H](O)[C@@H](C)[C@@H](O)CC/C=C/[C@H](C)[C@@H](O)/C=C/[C@H](C)[C@@H](O)/C(C)=C/[C@H](O[C@H]2O[C@H](CO)[C@@H](O)[C@H](O)[C@@H]2O)[C@H](O)C[C@@H](O)C[C@H](O)C[C@H](O)[C@H](C)[C@@H](O)[C@@H](C)[C@H](O)C[C@@H](O)C[C@H](O)/C=C/C[C@@H]([C@H](C)[C@H](O)CCCN)OC1=O. The van der Waals surface area contributed by atoms with E-state index in [2.05, 4.69) is 0 Å². The number of hydrogen-bond acceptors (Lipinski definition) is 22. The molecule has 1 saturated heterocycles. The predicted molar refractivity (Wildman–Crippen MR) is 310 cm³/mol. The summed E-state index contributed by atoms with van der Waals surface area (Å²) in [4.78, 5) is 13.4. The lowest BCUT2D eigenvalue weighted by molar-refractivity contribution is -0.313. The third-order valence-electron chi connectivity index (χ3n) is 17.0. The molecule has 0 aromatic carbocycles. The van der Waals surface area contributed by atoms with Gasteiger partial charge in [0.1, 0.15) is 36.6 Å². The summed E-state index contributed by atoms with van der Waals surface area (Å²) in [6.45, 7) is 14.5. The number of nitrogens with two attached hydrogens (primary N) is 1. The van der Waals surface area contributed by atoms with Crippen LogP contribution < -0.4 is 5.73 Å². The van der Waals surface area contributed by atoms with E-state index in [1.54, 1.807) is 58.9 Å². The maximum atomic E-state index is 13.4. The lowest BCUT2D eigenvalue weighted by Gasteiger charge is -2.41. The Morgan fingerprint density at radius 2 is 1.22 bits per heavy atom. The van der Waals surface area contributed by atoms with Gasteiger partial charge in [-0.05, 0) is 89.7 Å². The van der Waals surface area contributed by atoms with Crippen LogP contribution in [0, 0.1) is 41.4 Å². The van der Waals surface area contributed by atoms with Crippen LogP contribution in [0.5, 0.6) is 0 Å². The van der Waals surface area contributed by atoms with E-state index in [1.807, 2.05) is 13.0 Å². The Labute approximate surface area is 492 Å². The molecule has 83 heavy (non-hydrogen) atoms. The van der Waals surface area contributed by atoms with Gasteiger partial charge in [0.15, 0.2) is 6.29 Å². The number of carbonyl (C=O) groups is 1. The van der Waals surface area contributed by atoms with E-state index in [0.29, 0.717) is 50.6 Å². The molecule has 0 bridgehead atoms. The number of aliphatic hydroxyl groups excluding tert-OH is 17. The molecule has 484 valence electrons. The van der Waals surface area contributed by atoms with Gasteiger partial charge in [0.25, 0.3) is 0 Å². The van der Waals surface area contributed by atoms with Gasteiger partial charge in [-0.1, -0.05) is 97.1 Å². The number of esters is 1. The van der Waals surface area contributed by atoms with Crippen molar-refractivity contribution in [1.29, 1.82) is 0 Å². The number of hydrogen-bond donors (Lipinski definition) is 18. The molecule has 2 aliphatic rings. The highest BCUT2D eigenvalue weighted by Gasteiger charge is 2.46. The van der Waals surface area contributed by atoms with Gasteiger partial charge in [-0.15, -0.1) is 0 Å². The van der Waals surface area contributed by atoms with Gasteiger partial charge in [-0.3, -0.25) is 0 Å². The molecule has 0 aromatic heterocycles. The minimum Gasteiger partial charge on any atom is -0.458 e. The molecule has 1 fully saturated rings. The summed E-state index contributed by atoms with van der Waals surface area (Å²) in [6, 6.07) is 0. The standard InChI is InChI=1S/C61H109NO21/c1-32-15-10-11-19-47(70)38(7)55(75)33(2)16-12-17-35(4)60(80)81-51(37(6)46(69)20-14-24-62)21-13-18-41(64)26-42(65)28-48(71)39(8)56(76)40(9)49(72)29-43(66)27-44(67)30-50(73)52(25-36(5)54(74)34(3)22-23-45(32)68)82-61-59(79)58(78)57(77)53(31-63)83-61/h10,13,15,17-18,22-23,25,32-34,37-59,61,63-79H,11-12,14,16,19-21,24,26-31,62H2,1-9H3/b15-10+,18-13+,23-22+,35-17+,36-25+/t32-,33-,34-,37+,38-,39-,40-,41+,42-,43-,44-,45-,46+,47-,48+,49-,50+,51-,52-,53+,54+,55+,56-,57+,58-,59-,61-/m0/s1. The second kappa shape index (κ2) is 38.6. The van der Waals surface area contributed by atoms with E-state index >= 15 is 0 Å². The average molecular weight is 1190 g/mol. The second-order valence-corrected chi connectivity index (χ2v) is 24.2. The molecule has 0 spiro atoms.